The molecule has 0 saturated carbocycles. The number of nitrogens with one attached hydrogen (secondary N) is 2. The molecule has 0 unspecified atom stereocenters. The second-order valence-electron chi connectivity index (χ2n) is 7.05. The van der Waals surface area contributed by atoms with Crippen LogP contribution in [0.2, 0.25) is 0 Å². The first-order chi connectivity index (χ1) is 15.1. The molecule has 0 aliphatic rings. The van der Waals surface area contributed by atoms with Crippen LogP contribution in [0.25, 0.3) is 22.0 Å². The van der Waals surface area contributed by atoms with Gasteiger partial charge >= 0.3 is 12.2 Å². The Morgan fingerprint density at radius 3 is 2.44 bits per heavy atom. The van der Waals surface area contributed by atoms with Crippen LogP contribution in [-0.2, 0) is 6.18 Å². The van der Waals surface area contributed by atoms with Crippen LogP contribution in [-0.4, -0.2) is 11.2 Å². The molecule has 2 amide bonds. The van der Waals surface area contributed by atoms with Crippen molar-refractivity contribution < 1.29 is 26.9 Å². The number of hydrogen-bond donors (Lipinski definition) is 3. The van der Waals surface area contributed by atoms with Crippen LogP contribution in [0.4, 0.5) is 39.6 Å². The van der Waals surface area contributed by atoms with E-state index >= 15 is 0 Å². The number of rotatable bonds is 3. The van der Waals surface area contributed by atoms with E-state index in [1.807, 2.05) is 19.1 Å². The summed E-state index contributed by atoms with van der Waals surface area (Å²) in [5.74, 6) is -0.804. The number of hydrogen-bond acceptors (Lipinski definition) is 4. The molecule has 4 N–H and O–H groups in total. The number of carbonyl (C=O) groups excluding carboxylic acids is 1. The van der Waals surface area contributed by atoms with E-state index in [-0.39, 0.29) is 5.88 Å². The molecule has 4 rings (SSSR count). The molecule has 0 saturated heterocycles. The van der Waals surface area contributed by atoms with Crippen molar-refractivity contribution in [3.63, 3.8) is 0 Å². The topological polar surface area (TPSA) is 93.2 Å². The molecule has 0 bridgehead atoms. The zero-order valence-electron chi connectivity index (χ0n) is 16.5. The third-order valence-electron chi connectivity index (χ3n) is 4.86. The summed E-state index contributed by atoms with van der Waals surface area (Å²) in [6, 6.07) is 11.3. The monoisotopic (exact) mass is 444 g/mol. The Morgan fingerprint density at radius 2 is 1.75 bits per heavy atom. The van der Waals surface area contributed by atoms with Gasteiger partial charge in [-0.05, 0) is 53.9 Å². The van der Waals surface area contributed by atoms with Crippen molar-refractivity contribution >= 4 is 34.2 Å². The predicted molar refractivity (Wildman–Crippen MR) is 113 cm³/mol. The molecule has 0 spiro atoms. The van der Waals surface area contributed by atoms with Crippen LogP contribution in [0, 0.1) is 12.7 Å². The lowest BCUT2D eigenvalue weighted by atomic mass is 9.99. The minimum Gasteiger partial charge on any atom is -0.367 e. The summed E-state index contributed by atoms with van der Waals surface area (Å²) in [6.07, 6.45) is -4.66. The van der Waals surface area contributed by atoms with Crippen LogP contribution in [0.5, 0.6) is 0 Å². The highest BCUT2D eigenvalue weighted by Gasteiger charge is 2.31. The number of aromatic nitrogens is 1. The Hall–Kier alpha value is -4.08. The highest BCUT2D eigenvalue weighted by molar-refractivity contribution is 6.03. The first-order valence-electron chi connectivity index (χ1n) is 9.33. The summed E-state index contributed by atoms with van der Waals surface area (Å²) in [7, 11) is 0. The molecule has 0 aliphatic carbocycles. The summed E-state index contributed by atoms with van der Waals surface area (Å²) in [5.41, 5.74) is 7.70. The number of alkyl halides is 3. The van der Waals surface area contributed by atoms with Gasteiger partial charge in [-0.3, -0.25) is 0 Å². The molecule has 6 nitrogen and oxygen atoms in total. The normalized spacial score (nSPS) is 11.5. The fourth-order valence-electron chi connectivity index (χ4n) is 3.26. The van der Waals surface area contributed by atoms with Gasteiger partial charge in [0.05, 0.1) is 16.6 Å². The molecule has 164 valence electrons. The lowest BCUT2D eigenvalue weighted by Gasteiger charge is -2.12. The highest BCUT2D eigenvalue weighted by atomic mass is 19.4. The maximum atomic E-state index is 13.8. The third-order valence-corrected chi connectivity index (χ3v) is 4.86. The highest BCUT2D eigenvalue weighted by Crippen LogP contribution is 2.35. The molecule has 32 heavy (non-hydrogen) atoms. The molecule has 0 aliphatic heterocycles. The minimum atomic E-state index is -4.66. The number of carbonyl (C=O) groups is 1. The predicted octanol–water partition coefficient (Wildman–Crippen LogP) is 6.19. The van der Waals surface area contributed by atoms with E-state index in [0.29, 0.717) is 34.8 Å². The summed E-state index contributed by atoms with van der Waals surface area (Å²) in [4.78, 5) is 12.2. The Kier molecular flexibility index (Phi) is 5.21. The average molecular weight is 444 g/mol. The molecule has 10 heteroatoms. The van der Waals surface area contributed by atoms with Crippen LogP contribution in [0.1, 0.15) is 11.1 Å². The number of fused-ring (bicyclic) bond motifs is 1. The summed E-state index contributed by atoms with van der Waals surface area (Å²) in [5, 5.41) is 9.18. The number of urea groups is 1. The van der Waals surface area contributed by atoms with Crippen molar-refractivity contribution in [3.8, 4) is 11.1 Å². The Bertz CT molecular complexity index is 1310. The van der Waals surface area contributed by atoms with E-state index in [9.17, 15) is 22.4 Å². The molecule has 4 aromatic rings. The standard InChI is InChI=1S/C22H16F4N4O2/c1-11-2-8-15(18-19(11)30-32-20(18)27)12-3-6-14(7-4-12)28-21(31)29-17-10-13(22(24,25)26)5-9-16(17)23/h2-10H,27H2,1H3,(H2,28,29,31). The van der Waals surface area contributed by atoms with Gasteiger partial charge in [0, 0.05) is 5.69 Å². The van der Waals surface area contributed by atoms with Crippen molar-refractivity contribution in [2.24, 2.45) is 0 Å². The molecule has 0 radical (unpaired) electrons. The quantitative estimate of drug-likeness (QED) is 0.329. The SMILES string of the molecule is Cc1ccc(-c2ccc(NC(=O)Nc3cc(C(F)(F)F)ccc3F)cc2)c2c(N)onc12. The zero-order valence-corrected chi connectivity index (χ0v) is 16.5. The van der Waals surface area contributed by atoms with Gasteiger partial charge in [0.25, 0.3) is 0 Å². The maximum absolute atomic E-state index is 13.8. The number of benzene rings is 3. The number of amides is 2. The summed E-state index contributed by atoms with van der Waals surface area (Å²) in [6.45, 7) is 1.88. The van der Waals surface area contributed by atoms with Gasteiger partial charge in [-0.1, -0.05) is 29.4 Å². The third kappa shape index (κ3) is 4.07. The van der Waals surface area contributed by atoms with Gasteiger partial charge in [0.2, 0.25) is 5.88 Å². The molecule has 0 fully saturated rings. The van der Waals surface area contributed by atoms with Gasteiger partial charge in [-0.2, -0.15) is 13.2 Å². The number of halogens is 4. The van der Waals surface area contributed by atoms with Gasteiger partial charge in [-0.15, -0.1) is 0 Å². The van der Waals surface area contributed by atoms with E-state index < -0.39 is 29.3 Å². The van der Waals surface area contributed by atoms with E-state index in [4.69, 9.17) is 10.3 Å². The number of nitrogens with zero attached hydrogens (tertiary/aromatic N) is 1. The lowest BCUT2D eigenvalue weighted by molar-refractivity contribution is -0.137. The molecule has 3 aromatic carbocycles. The van der Waals surface area contributed by atoms with E-state index in [2.05, 4.69) is 15.8 Å². The van der Waals surface area contributed by atoms with Crippen molar-refractivity contribution in [3.05, 3.63) is 71.5 Å². The van der Waals surface area contributed by atoms with Crippen molar-refractivity contribution in [2.45, 2.75) is 13.1 Å². The second kappa shape index (κ2) is 7.88. The molecule has 1 heterocycles. The van der Waals surface area contributed by atoms with Gasteiger partial charge in [-0.25, -0.2) is 9.18 Å². The first-order valence-corrected chi connectivity index (χ1v) is 9.33. The van der Waals surface area contributed by atoms with Crippen LogP contribution in [0.3, 0.4) is 0 Å². The van der Waals surface area contributed by atoms with E-state index in [0.717, 1.165) is 16.7 Å². The molecule has 1 aromatic heterocycles. The van der Waals surface area contributed by atoms with Gasteiger partial charge in [0.1, 0.15) is 11.3 Å². The smallest absolute Gasteiger partial charge is 0.367 e. The van der Waals surface area contributed by atoms with Crippen LogP contribution >= 0.6 is 0 Å². The molecule has 0 atom stereocenters. The van der Waals surface area contributed by atoms with Crippen molar-refractivity contribution in [1.29, 1.82) is 0 Å². The first kappa shape index (κ1) is 21.2. The lowest BCUT2D eigenvalue weighted by Crippen LogP contribution is -2.20. The van der Waals surface area contributed by atoms with Crippen molar-refractivity contribution in [1.82, 2.24) is 5.16 Å². The minimum absolute atomic E-state index is 0.184. The Morgan fingerprint density at radius 1 is 1.03 bits per heavy atom. The Balaban J connectivity index is 1.52. The average Bonchev–Trinajstić information content (AvgIpc) is 3.12. The fraction of sp³-hybridized carbons (Fsp3) is 0.0909. The van der Waals surface area contributed by atoms with E-state index in [1.165, 1.54) is 0 Å². The second-order valence-corrected chi connectivity index (χ2v) is 7.05. The number of aryl methyl sites for hydroxylation is 1. The molecular formula is C22H16F4N4O2. The van der Waals surface area contributed by atoms with Gasteiger partial charge < -0.3 is 20.9 Å². The summed E-state index contributed by atoms with van der Waals surface area (Å²) < 4.78 is 57.4. The van der Waals surface area contributed by atoms with Crippen LogP contribution in [0.15, 0.2) is 59.1 Å². The van der Waals surface area contributed by atoms with Crippen LogP contribution < -0.4 is 16.4 Å². The van der Waals surface area contributed by atoms with E-state index in [1.54, 1.807) is 24.3 Å². The van der Waals surface area contributed by atoms with Gasteiger partial charge in [0.15, 0.2) is 0 Å². The number of anilines is 3. The fourth-order valence-corrected chi connectivity index (χ4v) is 3.26. The van der Waals surface area contributed by atoms with Crippen molar-refractivity contribution in [2.75, 3.05) is 16.4 Å². The zero-order chi connectivity index (χ0) is 23.0. The maximum Gasteiger partial charge on any atom is 0.416 e. The summed E-state index contributed by atoms with van der Waals surface area (Å²) >= 11 is 0. The molecular weight excluding hydrogens is 428 g/mol. The Labute approximate surface area is 179 Å². The number of nitrogens with two attached hydrogens (primary N) is 1. The largest absolute Gasteiger partial charge is 0.416 e. The number of nitrogen functional groups attached to an aromatic ring is 1.